The standard InChI is InChI=1S/C16H24N4O.2ClH/c1-17-12-14-5-4-10-20(14)16(21)13-6-7-15(18-11-13)19-8-2-3-9-19;;/h6-7,11,14,17H,2-5,8-10,12H2,1H3;2*1H. The first kappa shape index (κ1) is 20.0. The van der Waals surface area contributed by atoms with E-state index in [1.807, 2.05) is 24.1 Å². The fraction of sp³-hybridized carbons (Fsp3) is 0.625. The molecule has 1 atom stereocenters. The van der Waals surface area contributed by atoms with Crippen LogP contribution in [0.25, 0.3) is 0 Å². The second kappa shape index (κ2) is 9.30. The number of carbonyl (C=O) groups is 1. The van der Waals surface area contributed by atoms with Crippen molar-refractivity contribution >= 4 is 36.5 Å². The highest BCUT2D eigenvalue weighted by atomic mass is 35.5. The summed E-state index contributed by atoms with van der Waals surface area (Å²) in [6.45, 7) is 3.89. The fourth-order valence-electron chi connectivity index (χ4n) is 3.36. The molecule has 1 amide bonds. The number of halogens is 2. The van der Waals surface area contributed by atoms with Crippen molar-refractivity contribution in [2.45, 2.75) is 31.7 Å². The Bertz CT molecular complexity index is 491. The highest BCUT2D eigenvalue weighted by Gasteiger charge is 2.29. The zero-order valence-corrected chi connectivity index (χ0v) is 15.2. The summed E-state index contributed by atoms with van der Waals surface area (Å²) in [7, 11) is 1.94. The number of rotatable bonds is 4. The van der Waals surface area contributed by atoms with Gasteiger partial charge in [-0.25, -0.2) is 4.98 Å². The predicted octanol–water partition coefficient (Wildman–Crippen LogP) is 2.35. The van der Waals surface area contributed by atoms with E-state index in [1.165, 1.54) is 12.8 Å². The van der Waals surface area contributed by atoms with Crippen LogP contribution in [-0.2, 0) is 0 Å². The summed E-state index contributed by atoms with van der Waals surface area (Å²) in [5.74, 6) is 1.12. The number of likely N-dealkylation sites (N-methyl/N-ethyl adjacent to an activating group) is 1. The van der Waals surface area contributed by atoms with Crippen molar-refractivity contribution in [3.05, 3.63) is 23.9 Å². The maximum Gasteiger partial charge on any atom is 0.255 e. The number of anilines is 1. The van der Waals surface area contributed by atoms with Gasteiger partial charge in [0.15, 0.2) is 0 Å². The predicted molar refractivity (Wildman–Crippen MR) is 98.2 cm³/mol. The van der Waals surface area contributed by atoms with Gasteiger partial charge >= 0.3 is 0 Å². The van der Waals surface area contributed by atoms with E-state index in [-0.39, 0.29) is 30.7 Å². The molecule has 1 aromatic rings. The Hall–Kier alpha value is -1.04. The lowest BCUT2D eigenvalue weighted by molar-refractivity contribution is 0.0736. The van der Waals surface area contributed by atoms with Gasteiger partial charge in [-0.15, -0.1) is 24.8 Å². The smallest absolute Gasteiger partial charge is 0.255 e. The third-order valence-corrected chi connectivity index (χ3v) is 4.50. The van der Waals surface area contributed by atoms with Crippen molar-refractivity contribution < 1.29 is 4.79 Å². The third kappa shape index (κ3) is 4.49. The molecule has 0 aliphatic carbocycles. The second-order valence-corrected chi connectivity index (χ2v) is 5.95. The van der Waals surface area contributed by atoms with Gasteiger partial charge in [0.05, 0.1) is 5.56 Å². The van der Waals surface area contributed by atoms with Crippen LogP contribution < -0.4 is 10.2 Å². The second-order valence-electron chi connectivity index (χ2n) is 5.95. The molecule has 0 aromatic carbocycles. The molecule has 1 N–H and O–H groups in total. The Morgan fingerprint density at radius 2 is 1.96 bits per heavy atom. The fourth-order valence-corrected chi connectivity index (χ4v) is 3.36. The van der Waals surface area contributed by atoms with Gasteiger partial charge in [0, 0.05) is 38.4 Å². The maximum absolute atomic E-state index is 12.6. The van der Waals surface area contributed by atoms with Gasteiger partial charge in [-0.2, -0.15) is 0 Å². The van der Waals surface area contributed by atoms with E-state index in [9.17, 15) is 4.79 Å². The number of amides is 1. The summed E-state index contributed by atoms with van der Waals surface area (Å²) in [6.07, 6.45) is 6.40. The van der Waals surface area contributed by atoms with Crippen molar-refractivity contribution in [1.29, 1.82) is 0 Å². The van der Waals surface area contributed by atoms with Crippen LogP contribution in [0.15, 0.2) is 18.3 Å². The van der Waals surface area contributed by atoms with Crippen LogP contribution >= 0.6 is 24.8 Å². The first-order chi connectivity index (χ1) is 10.3. The topological polar surface area (TPSA) is 48.5 Å². The molecular formula is C16H26Cl2N4O. The molecule has 1 aromatic heterocycles. The minimum absolute atomic E-state index is 0. The molecule has 2 fully saturated rings. The van der Waals surface area contributed by atoms with Crippen LogP contribution in [0.3, 0.4) is 0 Å². The molecule has 2 aliphatic rings. The molecule has 130 valence electrons. The minimum Gasteiger partial charge on any atom is -0.357 e. The van der Waals surface area contributed by atoms with E-state index in [0.717, 1.165) is 44.8 Å². The molecule has 7 heteroatoms. The van der Waals surface area contributed by atoms with Gasteiger partial charge < -0.3 is 15.1 Å². The van der Waals surface area contributed by atoms with Crippen molar-refractivity contribution in [2.75, 3.05) is 38.1 Å². The van der Waals surface area contributed by atoms with Crippen molar-refractivity contribution in [3.63, 3.8) is 0 Å². The number of likely N-dealkylation sites (tertiary alicyclic amines) is 1. The van der Waals surface area contributed by atoms with E-state index in [2.05, 4.69) is 15.2 Å². The molecule has 0 saturated carbocycles. The number of nitrogens with one attached hydrogen (secondary N) is 1. The Kier molecular flexibility index (Phi) is 8.09. The normalized spacial score (nSPS) is 20.1. The van der Waals surface area contributed by atoms with Crippen LogP contribution in [0.2, 0.25) is 0 Å². The molecule has 0 radical (unpaired) electrons. The summed E-state index contributed by atoms with van der Waals surface area (Å²) in [5.41, 5.74) is 0.709. The quantitative estimate of drug-likeness (QED) is 0.895. The highest BCUT2D eigenvalue weighted by molar-refractivity contribution is 5.94. The van der Waals surface area contributed by atoms with Gasteiger partial charge in [0.25, 0.3) is 5.91 Å². The summed E-state index contributed by atoms with van der Waals surface area (Å²) in [6, 6.07) is 4.24. The highest BCUT2D eigenvalue weighted by Crippen LogP contribution is 2.21. The molecule has 2 saturated heterocycles. The number of carbonyl (C=O) groups excluding carboxylic acids is 1. The van der Waals surface area contributed by atoms with E-state index in [1.54, 1.807) is 6.20 Å². The minimum atomic E-state index is 0. The van der Waals surface area contributed by atoms with Crippen LogP contribution in [-0.4, -0.2) is 55.1 Å². The molecule has 2 aliphatic heterocycles. The average molecular weight is 361 g/mol. The monoisotopic (exact) mass is 360 g/mol. The van der Waals surface area contributed by atoms with Crippen LogP contribution in [0.4, 0.5) is 5.82 Å². The first-order valence-corrected chi connectivity index (χ1v) is 7.96. The molecule has 1 unspecified atom stereocenters. The SMILES string of the molecule is CNCC1CCCN1C(=O)c1ccc(N2CCCC2)nc1.Cl.Cl. The molecule has 5 nitrogen and oxygen atoms in total. The zero-order valence-electron chi connectivity index (χ0n) is 13.5. The van der Waals surface area contributed by atoms with Crippen molar-refractivity contribution in [1.82, 2.24) is 15.2 Å². The van der Waals surface area contributed by atoms with Crippen molar-refractivity contribution in [3.8, 4) is 0 Å². The third-order valence-electron chi connectivity index (χ3n) is 4.50. The van der Waals surface area contributed by atoms with Gasteiger partial charge in [-0.3, -0.25) is 4.79 Å². The Morgan fingerprint density at radius 1 is 1.22 bits per heavy atom. The average Bonchev–Trinajstić information content (AvgIpc) is 3.19. The van der Waals surface area contributed by atoms with Crippen LogP contribution in [0.5, 0.6) is 0 Å². The van der Waals surface area contributed by atoms with E-state index < -0.39 is 0 Å². The van der Waals surface area contributed by atoms with E-state index >= 15 is 0 Å². The number of nitrogens with zero attached hydrogens (tertiary/aromatic N) is 3. The molecule has 0 bridgehead atoms. The summed E-state index contributed by atoms with van der Waals surface area (Å²) in [5, 5.41) is 3.18. The largest absolute Gasteiger partial charge is 0.357 e. The first-order valence-electron chi connectivity index (χ1n) is 7.96. The van der Waals surface area contributed by atoms with Gasteiger partial charge in [-0.1, -0.05) is 0 Å². The lowest BCUT2D eigenvalue weighted by Crippen LogP contribution is -2.40. The summed E-state index contributed by atoms with van der Waals surface area (Å²) in [4.78, 5) is 21.4. The van der Waals surface area contributed by atoms with Crippen LogP contribution in [0.1, 0.15) is 36.0 Å². The molecule has 0 spiro atoms. The van der Waals surface area contributed by atoms with Gasteiger partial charge in [0.2, 0.25) is 0 Å². The Balaban J connectivity index is 0.00000132. The molecule has 3 heterocycles. The van der Waals surface area contributed by atoms with Gasteiger partial charge in [0.1, 0.15) is 5.82 Å². The van der Waals surface area contributed by atoms with Gasteiger partial charge in [-0.05, 0) is 44.9 Å². The Morgan fingerprint density at radius 3 is 2.57 bits per heavy atom. The molecule has 3 rings (SSSR count). The zero-order chi connectivity index (χ0) is 14.7. The number of hydrogen-bond donors (Lipinski definition) is 1. The lowest BCUT2D eigenvalue weighted by Gasteiger charge is -2.24. The molecule has 23 heavy (non-hydrogen) atoms. The van der Waals surface area contributed by atoms with E-state index in [4.69, 9.17) is 0 Å². The molecular weight excluding hydrogens is 335 g/mol. The lowest BCUT2D eigenvalue weighted by atomic mass is 10.2. The Labute approximate surface area is 150 Å². The van der Waals surface area contributed by atoms with Crippen LogP contribution in [0, 0.1) is 0 Å². The summed E-state index contributed by atoms with van der Waals surface area (Å²) >= 11 is 0. The number of aromatic nitrogens is 1. The summed E-state index contributed by atoms with van der Waals surface area (Å²) < 4.78 is 0. The number of pyridine rings is 1. The van der Waals surface area contributed by atoms with Crippen molar-refractivity contribution in [2.24, 2.45) is 0 Å². The number of hydrogen-bond acceptors (Lipinski definition) is 4. The maximum atomic E-state index is 12.6. The van der Waals surface area contributed by atoms with E-state index in [0.29, 0.717) is 11.6 Å².